The van der Waals surface area contributed by atoms with Gasteiger partial charge in [-0.25, -0.2) is 4.98 Å². The van der Waals surface area contributed by atoms with Crippen molar-refractivity contribution in [3.05, 3.63) is 28.0 Å². The highest BCUT2D eigenvalue weighted by atomic mass is 35.5. The van der Waals surface area contributed by atoms with Crippen molar-refractivity contribution in [3.63, 3.8) is 0 Å². The molecular weight excluding hydrogens is 267 g/mol. The number of nitrogens with zero attached hydrogens (tertiary/aromatic N) is 2. The van der Waals surface area contributed by atoms with E-state index in [1.165, 1.54) is 0 Å². The van der Waals surface area contributed by atoms with Gasteiger partial charge in [0.1, 0.15) is 5.15 Å². The molecule has 1 aliphatic heterocycles. The van der Waals surface area contributed by atoms with Crippen molar-refractivity contribution in [2.24, 2.45) is 0 Å². The minimum atomic E-state index is -0.639. The van der Waals surface area contributed by atoms with Gasteiger partial charge < -0.3 is 0 Å². The van der Waals surface area contributed by atoms with Crippen LogP contribution in [0.25, 0.3) is 0 Å². The zero-order valence-electron chi connectivity index (χ0n) is 8.66. The van der Waals surface area contributed by atoms with Gasteiger partial charge in [-0.15, -0.1) is 0 Å². The molecule has 0 aliphatic carbocycles. The fourth-order valence-electron chi connectivity index (χ4n) is 1.63. The Hall–Kier alpha value is -0.160. The molecule has 1 aromatic heterocycles. The lowest BCUT2D eigenvalue weighted by atomic mass is 10.2. The third kappa shape index (κ3) is 3.17. The van der Waals surface area contributed by atoms with E-state index in [1.54, 1.807) is 12.3 Å². The highest BCUT2D eigenvalue weighted by Gasteiger charge is 2.16. The summed E-state index contributed by atoms with van der Waals surface area (Å²) in [4.78, 5) is 6.25. The summed E-state index contributed by atoms with van der Waals surface area (Å²) >= 11 is 11.8. The Kier molecular flexibility index (Phi) is 4.19. The summed E-state index contributed by atoms with van der Waals surface area (Å²) in [5, 5.41) is 1.06. The average molecular weight is 279 g/mol. The van der Waals surface area contributed by atoms with Gasteiger partial charge in [0.05, 0.1) is 0 Å². The second kappa shape index (κ2) is 5.45. The molecule has 1 fully saturated rings. The third-order valence-corrected chi connectivity index (χ3v) is 4.40. The fraction of sp³-hybridized carbons (Fsp3) is 0.500. The molecule has 6 heteroatoms. The van der Waals surface area contributed by atoms with Gasteiger partial charge in [0, 0.05) is 58.7 Å². The lowest BCUT2D eigenvalue weighted by molar-refractivity contribution is 0.291. The highest BCUT2D eigenvalue weighted by Crippen LogP contribution is 2.20. The Morgan fingerprint density at radius 3 is 2.69 bits per heavy atom. The number of hydrogen-bond acceptors (Lipinski definition) is 3. The number of halogens is 2. The van der Waals surface area contributed by atoms with Gasteiger partial charge in [-0.2, -0.15) is 0 Å². The van der Waals surface area contributed by atoms with E-state index in [2.05, 4.69) is 9.88 Å². The normalized spacial score (nSPS) is 18.9. The van der Waals surface area contributed by atoms with Gasteiger partial charge in [0.15, 0.2) is 0 Å². The van der Waals surface area contributed by atoms with Crippen molar-refractivity contribution in [1.29, 1.82) is 0 Å². The first-order valence-electron chi connectivity index (χ1n) is 5.02. The van der Waals surface area contributed by atoms with Crippen LogP contribution in [0.4, 0.5) is 0 Å². The van der Waals surface area contributed by atoms with Crippen molar-refractivity contribution < 1.29 is 4.21 Å². The predicted octanol–water partition coefficient (Wildman–Crippen LogP) is 1.95. The predicted molar refractivity (Wildman–Crippen MR) is 67.4 cm³/mol. The summed E-state index contributed by atoms with van der Waals surface area (Å²) in [7, 11) is -0.639. The third-order valence-electron chi connectivity index (χ3n) is 2.56. The monoisotopic (exact) mass is 278 g/mol. The van der Waals surface area contributed by atoms with Crippen molar-refractivity contribution in [3.8, 4) is 0 Å². The van der Waals surface area contributed by atoms with E-state index in [1.807, 2.05) is 0 Å². The summed E-state index contributed by atoms with van der Waals surface area (Å²) < 4.78 is 11.2. The van der Waals surface area contributed by atoms with Crippen LogP contribution in [-0.4, -0.2) is 38.7 Å². The van der Waals surface area contributed by atoms with Crippen LogP contribution in [0.5, 0.6) is 0 Å². The molecule has 0 N–H and O–H groups in total. The number of aromatic nitrogens is 1. The van der Waals surface area contributed by atoms with E-state index in [4.69, 9.17) is 23.2 Å². The number of pyridine rings is 1. The lowest BCUT2D eigenvalue weighted by Gasteiger charge is -2.26. The molecule has 3 nitrogen and oxygen atoms in total. The molecule has 0 amide bonds. The van der Waals surface area contributed by atoms with Crippen molar-refractivity contribution >= 4 is 34.0 Å². The molecule has 1 saturated heterocycles. The molecule has 0 aromatic carbocycles. The molecule has 1 aliphatic rings. The largest absolute Gasteiger partial charge is 0.297 e. The Labute approximate surface area is 107 Å². The first kappa shape index (κ1) is 12.3. The van der Waals surface area contributed by atoms with Gasteiger partial charge >= 0.3 is 0 Å². The Balaban J connectivity index is 2.01. The Morgan fingerprint density at radius 1 is 1.38 bits per heavy atom. The van der Waals surface area contributed by atoms with Crippen LogP contribution < -0.4 is 0 Å². The van der Waals surface area contributed by atoms with E-state index in [-0.39, 0.29) is 0 Å². The van der Waals surface area contributed by atoms with Crippen LogP contribution in [0.1, 0.15) is 5.56 Å². The molecule has 88 valence electrons. The standard InChI is InChI=1S/C10H12Cl2N2OS/c11-9-5-10(12)13-6-8(9)7-14-1-3-16(15)4-2-14/h5-6H,1-4,7H2. The molecule has 1 aromatic rings. The maximum Gasteiger partial charge on any atom is 0.130 e. The van der Waals surface area contributed by atoms with Crippen LogP contribution in [-0.2, 0) is 17.3 Å². The zero-order chi connectivity index (χ0) is 11.5. The zero-order valence-corrected chi connectivity index (χ0v) is 11.0. The topological polar surface area (TPSA) is 33.2 Å². The lowest BCUT2D eigenvalue weighted by Crippen LogP contribution is -2.37. The van der Waals surface area contributed by atoms with E-state index in [0.717, 1.165) is 36.7 Å². The summed E-state index contributed by atoms with van der Waals surface area (Å²) in [6.07, 6.45) is 1.70. The van der Waals surface area contributed by atoms with Gasteiger partial charge in [-0.3, -0.25) is 9.11 Å². The molecule has 0 spiro atoms. The Morgan fingerprint density at radius 2 is 2.06 bits per heavy atom. The second-order valence-corrected chi connectivity index (χ2v) is 6.21. The van der Waals surface area contributed by atoms with E-state index >= 15 is 0 Å². The highest BCUT2D eigenvalue weighted by molar-refractivity contribution is 7.85. The number of rotatable bonds is 2. The second-order valence-electron chi connectivity index (χ2n) is 3.72. The first-order valence-corrected chi connectivity index (χ1v) is 7.27. The fourth-order valence-corrected chi connectivity index (χ4v) is 3.18. The molecule has 2 rings (SSSR count). The van der Waals surface area contributed by atoms with Crippen molar-refractivity contribution in [1.82, 2.24) is 9.88 Å². The summed E-state index contributed by atoms with van der Waals surface area (Å²) in [5.41, 5.74) is 0.971. The van der Waals surface area contributed by atoms with E-state index in [0.29, 0.717) is 10.2 Å². The molecule has 0 saturated carbocycles. The molecule has 0 unspecified atom stereocenters. The van der Waals surface area contributed by atoms with Crippen LogP contribution in [0.15, 0.2) is 12.3 Å². The van der Waals surface area contributed by atoms with Gasteiger partial charge in [-0.1, -0.05) is 23.2 Å². The van der Waals surface area contributed by atoms with E-state index < -0.39 is 10.8 Å². The van der Waals surface area contributed by atoms with Gasteiger partial charge in [-0.05, 0) is 6.07 Å². The SMILES string of the molecule is O=S1CCN(Cc2cnc(Cl)cc2Cl)CC1. The molecule has 0 bridgehead atoms. The minimum Gasteiger partial charge on any atom is -0.297 e. The summed E-state index contributed by atoms with van der Waals surface area (Å²) in [6.45, 7) is 2.46. The quantitative estimate of drug-likeness (QED) is 0.776. The van der Waals surface area contributed by atoms with Crippen LogP contribution in [0, 0.1) is 0 Å². The molecule has 0 radical (unpaired) electrons. The average Bonchev–Trinajstić information content (AvgIpc) is 2.25. The van der Waals surface area contributed by atoms with Crippen molar-refractivity contribution in [2.45, 2.75) is 6.54 Å². The van der Waals surface area contributed by atoms with Crippen molar-refractivity contribution in [2.75, 3.05) is 24.6 Å². The molecular formula is C10H12Cl2N2OS. The first-order chi connectivity index (χ1) is 7.65. The maximum absolute atomic E-state index is 11.2. The minimum absolute atomic E-state index is 0.411. The maximum atomic E-state index is 11.2. The molecule has 2 heterocycles. The smallest absolute Gasteiger partial charge is 0.130 e. The van der Waals surface area contributed by atoms with Crippen LogP contribution >= 0.6 is 23.2 Å². The summed E-state index contributed by atoms with van der Waals surface area (Å²) in [6, 6.07) is 1.65. The van der Waals surface area contributed by atoms with Crippen LogP contribution in [0.3, 0.4) is 0 Å². The van der Waals surface area contributed by atoms with Crippen LogP contribution in [0.2, 0.25) is 10.2 Å². The Bertz CT molecular complexity index is 404. The number of hydrogen-bond donors (Lipinski definition) is 0. The van der Waals surface area contributed by atoms with Gasteiger partial charge in [0.25, 0.3) is 0 Å². The van der Waals surface area contributed by atoms with E-state index in [9.17, 15) is 4.21 Å². The van der Waals surface area contributed by atoms with Gasteiger partial charge in [0.2, 0.25) is 0 Å². The molecule has 16 heavy (non-hydrogen) atoms. The molecule has 0 atom stereocenters. The summed E-state index contributed by atoms with van der Waals surface area (Å²) in [5.74, 6) is 1.50.